The summed E-state index contributed by atoms with van der Waals surface area (Å²) in [6, 6.07) is 17.8. The van der Waals surface area contributed by atoms with Crippen LogP contribution in [0.5, 0.6) is 5.75 Å². The van der Waals surface area contributed by atoms with Gasteiger partial charge in [-0.3, -0.25) is 4.90 Å². The Morgan fingerprint density at radius 2 is 1.54 bits per heavy atom. The number of rotatable bonds is 8. The van der Waals surface area contributed by atoms with Gasteiger partial charge in [-0.1, -0.05) is 24.3 Å². The molecule has 6 rings (SSSR count). The van der Waals surface area contributed by atoms with Crippen LogP contribution in [-0.2, 0) is 11.3 Å². The second kappa shape index (κ2) is 10.8. The monoisotopic (exact) mass is 511 g/mol. The molecule has 5 nitrogen and oxygen atoms in total. The minimum absolute atomic E-state index is 0.0585. The summed E-state index contributed by atoms with van der Waals surface area (Å²) < 4.78 is 53.9. The molecule has 194 valence electrons. The lowest BCUT2D eigenvalue weighted by Crippen LogP contribution is -2.65. The molecule has 3 fully saturated rings. The summed E-state index contributed by atoms with van der Waals surface area (Å²) in [5.41, 5.74) is 0.784. The van der Waals surface area contributed by atoms with E-state index in [9.17, 15) is 18.0 Å². The molecule has 3 aromatic carbocycles. The Balaban J connectivity index is 1.27. The number of piperidine rings is 3. The second-order valence-corrected chi connectivity index (χ2v) is 9.92. The molecule has 3 saturated heterocycles. The largest absolute Gasteiger partial charge is 0.488 e. The first kappa shape index (κ1) is 25.1. The zero-order valence-corrected chi connectivity index (χ0v) is 20.5. The lowest BCUT2D eigenvalue weighted by molar-refractivity contribution is -0.946. The lowest BCUT2D eigenvalue weighted by atomic mass is 9.83. The van der Waals surface area contributed by atoms with Gasteiger partial charge in [-0.2, -0.15) is 0 Å². The third kappa shape index (κ3) is 5.91. The number of amides is 1. The Bertz CT molecular complexity index is 1210. The fraction of sp³-hybridized carbons (Fsp3) is 0.345. The maximum atomic E-state index is 14.7. The average Bonchev–Trinajstić information content (AvgIpc) is 2.90. The Labute approximate surface area is 214 Å². The predicted molar refractivity (Wildman–Crippen MR) is 134 cm³/mol. The second-order valence-electron chi connectivity index (χ2n) is 9.92. The Morgan fingerprint density at radius 1 is 0.892 bits per heavy atom. The van der Waals surface area contributed by atoms with Crippen LogP contribution >= 0.6 is 0 Å². The van der Waals surface area contributed by atoms with Gasteiger partial charge in [0.2, 0.25) is 0 Å². The van der Waals surface area contributed by atoms with E-state index < -0.39 is 11.9 Å². The molecule has 3 aliphatic heterocycles. The summed E-state index contributed by atoms with van der Waals surface area (Å²) >= 11 is 0. The smallest absolute Gasteiger partial charge is 0.415 e. The van der Waals surface area contributed by atoms with Crippen molar-refractivity contribution in [2.75, 3.05) is 37.7 Å². The molecule has 2 bridgehead atoms. The number of hydrogen-bond acceptors (Lipinski definition) is 3. The summed E-state index contributed by atoms with van der Waals surface area (Å²) in [6.07, 6.45) is 0.968. The Morgan fingerprint density at radius 3 is 2.22 bits per heavy atom. The van der Waals surface area contributed by atoms with E-state index in [1.165, 1.54) is 41.3 Å². The van der Waals surface area contributed by atoms with Crippen LogP contribution in [0.4, 0.5) is 23.7 Å². The lowest BCUT2D eigenvalue weighted by Gasteiger charge is -2.52. The number of para-hydroxylation sites is 1. The summed E-state index contributed by atoms with van der Waals surface area (Å²) in [5.74, 6) is -0.336. The van der Waals surface area contributed by atoms with Crippen molar-refractivity contribution in [3.05, 3.63) is 95.8 Å². The number of nitrogens with zero attached hydrogens (tertiary/aromatic N) is 2. The SMILES string of the molecule is O=C(OC1C[N+]2(CCOc3ccc(F)cc3)CCC1CC2)N(Cc1ccc(F)cc1)c1ccccc1F. The number of anilines is 1. The topological polar surface area (TPSA) is 38.8 Å². The summed E-state index contributed by atoms with van der Waals surface area (Å²) in [6.45, 7) is 3.93. The molecule has 0 saturated carbocycles. The molecule has 0 radical (unpaired) electrons. The number of quaternary nitrogens is 1. The van der Waals surface area contributed by atoms with Crippen LogP contribution in [0, 0.1) is 23.4 Å². The van der Waals surface area contributed by atoms with Crippen molar-refractivity contribution in [3.8, 4) is 5.75 Å². The minimum Gasteiger partial charge on any atom is -0.488 e. The quantitative estimate of drug-likeness (QED) is 0.352. The molecule has 0 aromatic heterocycles. The molecule has 1 atom stereocenters. The summed E-state index contributed by atoms with van der Waals surface area (Å²) in [4.78, 5) is 14.7. The normalized spacial score (nSPS) is 22.5. The highest BCUT2D eigenvalue weighted by molar-refractivity contribution is 5.87. The van der Waals surface area contributed by atoms with Gasteiger partial charge in [0.25, 0.3) is 0 Å². The van der Waals surface area contributed by atoms with Crippen molar-refractivity contribution < 1.29 is 31.9 Å². The Kier molecular flexibility index (Phi) is 7.37. The van der Waals surface area contributed by atoms with Crippen molar-refractivity contribution in [1.82, 2.24) is 0 Å². The number of halogens is 3. The van der Waals surface area contributed by atoms with Gasteiger partial charge < -0.3 is 14.0 Å². The molecule has 0 N–H and O–H groups in total. The van der Waals surface area contributed by atoms with E-state index in [2.05, 4.69) is 0 Å². The number of hydrogen-bond donors (Lipinski definition) is 0. The molecule has 0 spiro atoms. The standard InChI is InChI=1S/C29H30F3N2O3/c30-23-7-5-21(6-8-23)19-33(27-4-2-1-3-26(27)32)29(35)37-28-20-34(15-13-22(28)14-16-34)17-18-36-25-11-9-24(31)10-12-25/h1-12,22,28H,13-20H2/q+1. The van der Waals surface area contributed by atoms with E-state index in [1.807, 2.05) is 0 Å². The molecule has 3 heterocycles. The van der Waals surface area contributed by atoms with Crippen molar-refractivity contribution in [2.24, 2.45) is 5.92 Å². The highest BCUT2D eigenvalue weighted by Crippen LogP contribution is 2.36. The summed E-state index contributed by atoms with van der Waals surface area (Å²) in [5, 5.41) is 0. The van der Waals surface area contributed by atoms with Gasteiger partial charge in [-0.05, 0) is 54.1 Å². The van der Waals surface area contributed by atoms with Gasteiger partial charge in [0.05, 0.1) is 25.3 Å². The van der Waals surface area contributed by atoms with Crippen LogP contribution < -0.4 is 9.64 Å². The molecule has 1 amide bonds. The number of fused-ring (bicyclic) bond motifs is 3. The number of ether oxygens (including phenoxy) is 2. The highest BCUT2D eigenvalue weighted by atomic mass is 19.1. The van der Waals surface area contributed by atoms with E-state index in [0.717, 1.165) is 37.0 Å². The maximum absolute atomic E-state index is 14.7. The number of carbonyl (C=O) groups excluding carboxylic acids is 1. The van der Waals surface area contributed by atoms with E-state index >= 15 is 0 Å². The van der Waals surface area contributed by atoms with Crippen LogP contribution in [-0.4, -0.2) is 49.5 Å². The summed E-state index contributed by atoms with van der Waals surface area (Å²) in [7, 11) is 0. The van der Waals surface area contributed by atoms with Gasteiger partial charge in [0.1, 0.15) is 42.9 Å². The van der Waals surface area contributed by atoms with Crippen LogP contribution in [0.15, 0.2) is 72.8 Å². The zero-order valence-electron chi connectivity index (χ0n) is 20.5. The fourth-order valence-electron chi connectivity index (χ4n) is 5.44. The minimum atomic E-state index is -0.617. The number of benzene rings is 3. The molecular weight excluding hydrogens is 481 g/mol. The first-order valence-electron chi connectivity index (χ1n) is 12.6. The van der Waals surface area contributed by atoms with Gasteiger partial charge in [-0.25, -0.2) is 18.0 Å². The average molecular weight is 512 g/mol. The van der Waals surface area contributed by atoms with Gasteiger partial charge in [0.15, 0.2) is 6.10 Å². The molecule has 3 aromatic rings. The van der Waals surface area contributed by atoms with E-state index in [4.69, 9.17) is 9.47 Å². The first-order valence-corrected chi connectivity index (χ1v) is 12.6. The zero-order chi connectivity index (χ0) is 25.8. The van der Waals surface area contributed by atoms with E-state index in [1.54, 1.807) is 36.4 Å². The number of carbonyl (C=O) groups is 1. The van der Waals surface area contributed by atoms with Crippen molar-refractivity contribution in [2.45, 2.75) is 25.5 Å². The van der Waals surface area contributed by atoms with Gasteiger partial charge in [0, 0.05) is 18.8 Å². The third-order valence-corrected chi connectivity index (χ3v) is 7.56. The molecule has 0 aliphatic carbocycles. The third-order valence-electron chi connectivity index (χ3n) is 7.56. The van der Waals surface area contributed by atoms with Crippen LogP contribution in [0.1, 0.15) is 18.4 Å². The van der Waals surface area contributed by atoms with Crippen molar-refractivity contribution in [1.29, 1.82) is 0 Å². The molecular formula is C29H30F3N2O3+. The fourth-order valence-corrected chi connectivity index (χ4v) is 5.44. The highest BCUT2D eigenvalue weighted by Gasteiger charge is 2.48. The molecule has 37 heavy (non-hydrogen) atoms. The molecule has 8 heteroatoms. The van der Waals surface area contributed by atoms with Gasteiger partial charge >= 0.3 is 6.09 Å². The van der Waals surface area contributed by atoms with Crippen LogP contribution in [0.25, 0.3) is 0 Å². The predicted octanol–water partition coefficient (Wildman–Crippen LogP) is 5.94. The van der Waals surface area contributed by atoms with E-state index in [0.29, 0.717) is 24.5 Å². The first-order chi connectivity index (χ1) is 17.9. The van der Waals surface area contributed by atoms with Crippen molar-refractivity contribution in [3.63, 3.8) is 0 Å². The Hall–Kier alpha value is -3.52. The van der Waals surface area contributed by atoms with Crippen molar-refractivity contribution >= 4 is 11.8 Å². The molecule has 3 aliphatic rings. The van der Waals surface area contributed by atoms with E-state index in [-0.39, 0.29) is 35.9 Å². The van der Waals surface area contributed by atoms with Gasteiger partial charge in [-0.15, -0.1) is 0 Å². The molecule has 1 unspecified atom stereocenters. The maximum Gasteiger partial charge on any atom is 0.415 e. The van der Waals surface area contributed by atoms with Crippen LogP contribution in [0.3, 0.4) is 0 Å². The van der Waals surface area contributed by atoms with Crippen LogP contribution in [0.2, 0.25) is 0 Å².